The van der Waals surface area contributed by atoms with Crippen LogP contribution in [-0.4, -0.2) is 63.7 Å². The predicted molar refractivity (Wildman–Crippen MR) is 129 cm³/mol. The van der Waals surface area contributed by atoms with Gasteiger partial charge in [-0.15, -0.1) is 0 Å². The van der Waals surface area contributed by atoms with Gasteiger partial charge in [0.1, 0.15) is 36.8 Å². The van der Waals surface area contributed by atoms with E-state index in [2.05, 4.69) is 19.1 Å². The van der Waals surface area contributed by atoms with Crippen molar-refractivity contribution in [2.45, 2.75) is 77.8 Å². The highest BCUT2D eigenvalue weighted by atomic mass is 16.7. The van der Waals surface area contributed by atoms with E-state index in [1.165, 1.54) is 5.56 Å². The van der Waals surface area contributed by atoms with Crippen molar-refractivity contribution in [3.8, 4) is 5.75 Å². The van der Waals surface area contributed by atoms with Crippen molar-refractivity contribution >= 4 is 5.97 Å². The fourth-order valence-corrected chi connectivity index (χ4v) is 3.72. The minimum absolute atomic E-state index is 0.206. The van der Waals surface area contributed by atoms with Gasteiger partial charge in [-0.05, 0) is 55.5 Å². The maximum atomic E-state index is 12.1. The van der Waals surface area contributed by atoms with Crippen LogP contribution in [0.1, 0.15) is 49.9 Å². The Balaban J connectivity index is 1.80. The Hall–Kier alpha value is -2.49. The third-order valence-corrected chi connectivity index (χ3v) is 6.04. The Morgan fingerprint density at radius 1 is 0.943 bits per heavy atom. The lowest BCUT2D eigenvalue weighted by Crippen LogP contribution is -2.60. The topological polar surface area (TPSA) is 126 Å². The van der Waals surface area contributed by atoms with Crippen LogP contribution in [0.25, 0.3) is 0 Å². The number of aliphatic hydroxyl groups is 4. The summed E-state index contributed by atoms with van der Waals surface area (Å²) in [4.78, 5) is 12.1. The van der Waals surface area contributed by atoms with Gasteiger partial charge in [-0.1, -0.05) is 43.3 Å². The van der Waals surface area contributed by atoms with E-state index in [4.69, 9.17) is 14.2 Å². The first-order chi connectivity index (χ1) is 16.5. The van der Waals surface area contributed by atoms with Gasteiger partial charge >= 0.3 is 5.97 Å². The predicted octanol–water partition coefficient (Wildman–Crippen LogP) is 2.11. The highest BCUT2D eigenvalue weighted by molar-refractivity contribution is 5.75. The lowest BCUT2D eigenvalue weighted by atomic mass is 9.97. The first kappa shape index (κ1) is 27.1. The lowest BCUT2D eigenvalue weighted by molar-refractivity contribution is -0.279. The van der Waals surface area contributed by atoms with Crippen LogP contribution >= 0.6 is 0 Å². The average Bonchev–Trinajstić information content (AvgIpc) is 2.84. The third kappa shape index (κ3) is 6.80. The summed E-state index contributed by atoms with van der Waals surface area (Å²) in [5.74, 6) is -0.118. The largest absolute Gasteiger partial charge is 0.462 e. The van der Waals surface area contributed by atoms with Crippen LogP contribution in [0, 0.1) is 5.41 Å². The highest BCUT2D eigenvalue weighted by Crippen LogP contribution is 2.30. The number of hydrogen-bond donors (Lipinski definition) is 4. The molecule has 0 saturated carbocycles. The molecule has 0 aromatic heterocycles. The van der Waals surface area contributed by atoms with Gasteiger partial charge in [0.05, 0.1) is 12.0 Å². The fourth-order valence-electron chi connectivity index (χ4n) is 3.72. The van der Waals surface area contributed by atoms with Crippen molar-refractivity contribution in [2.24, 2.45) is 5.41 Å². The molecular weight excluding hydrogens is 452 g/mol. The van der Waals surface area contributed by atoms with E-state index >= 15 is 0 Å². The first-order valence-corrected chi connectivity index (χ1v) is 11.9. The Labute approximate surface area is 206 Å². The molecule has 5 atom stereocenters. The number of rotatable bonds is 8. The van der Waals surface area contributed by atoms with Crippen LogP contribution in [0.2, 0.25) is 0 Å². The van der Waals surface area contributed by atoms with E-state index in [9.17, 15) is 25.2 Å². The molecule has 0 amide bonds. The maximum absolute atomic E-state index is 12.1. The van der Waals surface area contributed by atoms with Crippen molar-refractivity contribution in [3.63, 3.8) is 0 Å². The number of carbonyl (C=O) groups is 1. The maximum Gasteiger partial charge on any atom is 0.311 e. The van der Waals surface area contributed by atoms with Gasteiger partial charge < -0.3 is 34.6 Å². The summed E-state index contributed by atoms with van der Waals surface area (Å²) < 4.78 is 17.0. The number of benzene rings is 2. The lowest BCUT2D eigenvalue weighted by Gasteiger charge is -2.40. The van der Waals surface area contributed by atoms with Crippen LogP contribution in [0.4, 0.5) is 0 Å². The van der Waals surface area contributed by atoms with Gasteiger partial charge in [-0.2, -0.15) is 0 Å². The van der Waals surface area contributed by atoms with E-state index < -0.39 is 42.1 Å². The molecule has 0 radical (unpaired) electrons. The van der Waals surface area contributed by atoms with Gasteiger partial charge in [0.15, 0.2) is 0 Å². The molecule has 1 fully saturated rings. The van der Waals surface area contributed by atoms with Gasteiger partial charge in [0.25, 0.3) is 0 Å². The Kier molecular flexibility index (Phi) is 8.90. The van der Waals surface area contributed by atoms with Crippen molar-refractivity contribution in [1.82, 2.24) is 0 Å². The fraction of sp³-hybridized carbons (Fsp3) is 0.519. The molecular formula is C27H36O8. The Bertz CT molecular complexity index is 982. The van der Waals surface area contributed by atoms with Crippen LogP contribution < -0.4 is 4.74 Å². The SMILES string of the molecule is CCc1ccc(Cc2ccc(CO)cc2O[C@H]2O[C@H](COC(=O)C(C)(C)C)[C@@H](O)[C@H](O)[C@H]2O)cc1. The summed E-state index contributed by atoms with van der Waals surface area (Å²) in [5.41, 5.74) is 2.93. The van der Waals surface area contributed by atoms with Crippen LogP contribution in [-0.2, 0) is 33.7 Å². The van der Waals surface area contributed by atoms with Crippen molar-refractivity contribution in [1.29, 1.82) is 0 Å². The molecule has 2 aromatic rings. The monoisotopic (exact) mass is 488 g/mol. The zero-order valence-corrected chi connectivity index (χ0v) is 20.7. The summed E-state index contributed by atoms with van der Waals surface area (Å²) in [6.45, 7) is 6.67. The molecule has 1 aliphatic heterocycles. The number of ether oxygens (including phenoxy) is 3. The molecule has 8 heteroatoms. The molecule has 192 valence electrons. The molecule has 1 aliphatic rings. The number of hydrogen-bond acceptors (Lipinski definition) is 8. The minimum atomic E-state index is -1.57. The molecule has 0 unspecified atom stereocenters. The average molecular weight is 489 g/mol. The van der Waals surface area contributed by atoms with Crippen LogP contribution in [0.3, 0.4) is 0 Å². The Morgan fingerprint density at radius 3 is 2.17 bits per heavy atom. The van der Waals surface area contributed by atoms with E-state index in [0.717, 1.165) is 17.5 Å². The number of aryl methyl sites for hydroxylation is 1. The number of esters is 1. The summed E-state index contributed by atoms with van der Waals surface area (Å²) in [7, 11) is 0. The molecule has 0 spiro atoms. The minimum Gasteiger partial charge on any atom is -0.462 e. The molecule has 1 heterocycles. The second kappa shape index (κ2) is 11.5. The summed E-state index contributed by atoms with van der Waals surface area (Å²) in [6.07, 6.45) is -5.55. The van der Waals surface area contributed by atoms with Crippen LogP contribution in [0.15, 0.2) is 42.5 Å². The smallest absolute Gasteiger partial charge is 0.311 e. The summed E-state index contributed by atoms with van der Waals surface area (Å²) >= 11 is 0. The van der Waals surface area contributed by atoms with Crippen molar-refractivity contribution in [2.75, 3.05) is 6.61 Å². The second-order valence-corrected chi connectivity index (χ2v) is 9.93. The standard InChI is InChI=1S/C27H36O8/c1-5-16-6-8-17(9-7-16)12-19-11-10-18(14-28)13-20(19)34-25-24(31)23(30)22(29)21(35-25)15-33-26(32)27(2,3)4/h6-11,13,21-25,28-31H,5,12,14-15H2,1-4H3/t21-,22-,23+,24-,25+/m1/s1. The second-order valence-electron chi connectivity index (χ2n) is 9.93. The molecule has 8 nitrogen and oxygen atoms in total. The zero-order valence-electron chi connectivity index (χ0n) is 20.7. The quantitative estimate of drug-likeness (QED) is 0.417. The van der Waals surface area contributed by atoms with E-state index in [-0.39, 0.29) is 13.2 Å². The zero-order chi connectivity index (χ0) is 25.8. The molecule has 0 bridgehead atoms. The summed E-state index contributed by atoms with van der Waals surface area (Å²) in [6, 6.07) is 13.5. The van der Waals surface area contributed by atoms with Gasteiger partial charge in [-0.3, -0.25) is 4.79 Å². The molecule has 4 N–H and O–H groups in total. The van der Waals surface area contributed by atoms with E-state index in [1.807, 2.05) is 18.2 Å². The third-order valence-electron chi connectivity index (χ3n) is 6.04. The van der Waals surface area contributed by atoms with Gasteiger partial charge in [0, 0.05) is 6.42 Å². The normalized spacial score (nSPS) is 24.7. The summed E-state index contributed by atoms with van der Waals surface area (Å²) in [5, 5.41) is 40.9. The molecule has 0 aliphatic carbocycles. The number of aliphatic hydroxyl groups excluding tert-OH is 4. The van der Waals surface area contributed by atoms with E-state index in [0.29, 0.717) is 17.7 Å². The molecule has 3 rings (SSSR count). The van der Waals surface area contributed by atoms with Crippen LogP contribution in [0.5, 0.6) is 5.75 Å². The highest BCUT2D eigenvalue weighted by Gasteiger charge is 2.46. The molecule has 2 aromatic carbocycles. The van der Waals surface area contributed by atoms with Gasteiger partial charge in [0.2, 0.25) is 6.29 Å². The van der Waals surface area contributed by atoms with Crippen molar-refractivity contribution < 1.29 is 39.4 Å². The molecule has 1 saturated heterocycles. The van der Waals surface area contributed by atoms with E-state index in [1.54, 1.807) is 32.9 Å². The van der Waals surface area contributed by atoms with Gasteiger partial charge in [-0.25, -0.2) is 0 Å². The van der Waals surface area contributed by atoms with Crippen molar-refractivity contribution in [3.05, 3.63) is 64.7 Å². The number of carbonyl (C=O) groups excluding carboxylic acids is 1. The Morgan fingerprint density at radius 2 is 1.57 bits per heavy atom. The molecule has 35 heavy (non-hydrogen) atoms. The first-order valence-electron chi connectivity index (χ1n) is 11.9.